The monoisotopic (exact) mass is 923 g/mol. The Morgan fingerprint density at radius 1 is 0.919 bits per heavy atom. The smallest absolute Gasteiger partial charge is 0.329 e. The molecule has 2 amide bonds. The lowest BCUT2D eigenvalue weighted by Crippen LogP contribution is -2.56. The summed E-state index contributed by atoms with van der Waals surface area (Å²) >= 11 is 4.57. The van der Waals surface area contributed by atoms with Gasteiger partial charge in [0.2, 0.25) is 5.91 Å². The molecule has 0 spiro atoms. The third-order valence-electron chi connectivity index (χ3n) is 12.9. The van der Waals surface area contributed by atoms with E-state index in [2.05, 4.69) is 17.6 Å². The van der Waals surface area contributed by atoms with Crippen molar-refractivity contribution in [3.63, 3.8) is 0 Å². The number of aromatic nitrogens is 1. The van der Waals surface area contributed by atoms with Crippen molar-refractivity contribution in [2.45, 2.75) is 169 Å². The molecule has 3 aliphatic heterocycles. The molecule has 0 unspecified atom stereocenters. The van der Waals surface area contributed by atoms with Gasteiger partial charge in [0, 0.05) is 42.3 Å². The lowest BCUT2D eigenvalue weighted by Gasteiger charge is -2.38. The Bertz CT molecular complexity index is 1790. The number of aliphatic hydroxyl groups excluding tert-OH is 2. The summed E-state index contributed by atoms with van der Waals surface area (Å²) in [6, 6.07) is -1.96. The highest BCUT2D eigenvalue weighted by Crippen LogP contribution is 2.41. The number of cyclic esters (lactones) is 2. The van der Waals surface area contributed by atoms with E-state index in [1.807, 2.05) is 46.9 Å². The molecule has 17 heteroatoms. The SMILES string of the molecule is CCC[C@@H](C)[C@H](O)[C@H](C)[C@H]1OC(=O)[C@H](C(C)C)NC(=O)[C@H](C(C)C)OC(=O)[C@H](C)[C@H](O)[C@H]([C@@H](C)CC)NC(=O)[C@@]2(C)CSC(=N2)[C@]2(C)CSC(=N2)c2csc(n2)C[C@H](OC)[C@@H]1C. The minimum absolute atomic E-state index is 0.0719. The zero-order valence-electron chi connectivity index (χ0n) is 39.2. The van der Waals surface area contributed by atoms with Crippen LogP contribution in [0.25, 0.3) is 0 Å². The number of rotatable bonds is 10. The van der Waals surface area contributed by atoms with E-state index < -0.39 is 101 Å². The minimum Gasteiger partial charge on any atom is -0.460 e. The lowest BCUT2D eigenvalue weighted by molar-refractivity contribution is -0.170. The van der Waals surface area contributed by atoms with Gasteiger partial charge in [-0.1, -0.05) is 82.1 Å². The second kappa shape index (κ2) is 22.1. The van der Waals surface area contributed by atoms with Gasteiger partial charge >= 0.3 is 11.9 Å². The molecule has 0 radical (unpaired) electrons. The van der Waals surface area contributed by atoms with Crippen molar-refractivity contribution < 1.29 is 43.6 Å². The van der Waals surface area contributed by atoms with Crippen LogP contribution in [0.2, 0.25) is 0 Å². The topological polar surface area (TPSA) is 198 Å². The van der Waals surface area contributed by atoms with Crippen LogP contribution in [0.5, 0.6) is 0 Å². The van der Waals surface area contributed by atoms with Crippen LogP contribution in [-0.2, 0) is 39.8 Å². The first-order valence-electron chi connectivity index (χ1n) is 22.3. The molecule has 1 aromatic rings. The number of hydrogen-bond acceptors (Lipinski definition) is 15. The summed E-state index contributed by atoms with van der Waals surface area (Å²) in [7, 11) is 1.61. The maximum atomic E-state index is 14.3. The van der Waals surface area contributed by atoms with Crippen LogP contribution in [0, 0.1) is 41.4 Å². The normalized spacial score (nSPS) is 34.1. The summed E-state index contributed by atoms with van der Waals surface area (Å²) in [6.07, 6.45) is -2.08. The van der Waals surface area contributed by atoms with Gasteiger partial charge in [0.1, 0.15) is 34.0 Å². The molecule has 62 heavy (non-hydrogen) atoms. The molecule has 0 saturated heterocycles. The van der Waals surface area contributed by atoms with Crippen molar-refractivity contribution in [1.82, 2.24) is 15.6 Å². The van der Waals surface area contributed by atoms with Gasteiger partial charge in [-0.2, -0.15) is 0 Å². The van der Waals surface area contributed by atoms with Crippen LogP contribution in [0.3, 0.4) is 0 Å². The Labute approximate surface area is 381 Å². The average molecular weight is 924 g/mol. The van der Waals surface area contributed by atoms with Gasteiger partial charge in [-0.05, 0) is 50.9 Å². The molecule has 0 aliphatic carbocycles. The lowest BCUT2D eigenvalue weighted by atomic mass is 9.80. The van der Waals surface area contributed by atoms with Crippen molar-refractivity contribution in [2.24, 2.45) is 51.4 Å². The predicted octanol–water partition coefficient (Wildman–Crippen LogP) is 6.09. The number of aliphatic hydroxyl groups is 2. The minimum atomic E-state index is -1.36. The Morgan fingerprint density at radius 3 is 2.18 bits per heavy atom. The molecule has 4 rings (SSSR count). The van der Waals surface area contributed by atoms with Gasteiger partial charge in [0.15, 0.2) is 6.10 Å². The summed E-state index contributed by atoms with van der Waals surface area (Å²) in [4.78, 5) is 71.4. The zero-order chi connectivity index (χ0) is 46.4. The number of amides is 2. The van der Waals surface area contributed by atoms with E-state index >= 15 is 0 Å². The fourth-order valence-electron chi connectivity index (χ4n) is 8.27. The van der Waals surface area contributed by atoms with Crippen LogP contribution in [0.1, 0.15) is 120 Å². The summed E-state index contributed by atoms with van der Waals surface area (Å²) in [5.74, 6) is -4.87. The summed E-state index contributed by atoms with van der Waals surface area (Å²) in [6.45, 7) is 24.0. The fourth-order valence-corrected chi connectivity index (χ4v) is 11.7. The van der Waals surface area contributed by atoms with Gasteiger partial charge in [0.25, 0.3) is 5.91 Å². The summed E-state index contributed by atoms with van der Waals surface area (Å²) in [5, 5.41) is 33.5. The van der Waals surface area contributed by atoms with Gasteiger partial charge < -0.3 is 35.1 Å². The first-order chi connectivity index (χ1) is 29.0. The van der Waals surface area contributed by atoms with Crippen molar-refractivity contribution in [1.29, 1.82) is 0 Å². The molecule has 14 nitrogen and oxygen atoms in total. The number of ether oxygens (including phenoxy) is 3. The predicted molar refractivity (Wildman–Crippen MR) is 249 cm³/mol. The molecule has 6 bridgehead atoms. The number of esters is 2. The largest absolute Gasteiger partial charge is 0.460 e. The van der Waals surface area contributed by atoms with Gasteiger partial charge in [0.05, 0.1) is 40.3 Å². The molecular formula is C45H73N5O9S3. The van der Waals surface area contributed by atoms with Gasteiger partial charge in [-0.25, -0.2) is 9.78 Å². The van der Waals surface area contributed by atoms with Crippen LogP contribution >= 0.6 is 34.9 Å². The Hall–Kier alpha value is -2.57. The number of thioether (sulfide) groups is 2. The number of carbonyl (C=O) groups excluding carboxylic acids is 4. The second-order valence-electron chi connectivity index (χ2n) is 18.9. The molecule has 4 heterocycles. The number of nitrogens with one attached hydrogen (secondary N) is 2. The Balaban J connectivity index is 1.80. The highest BCUT2D eigenvalue weighted by atomic mass is 32.2. The van der Waals surface area contributed by atoms with E-state index in [0.29, 0.717) is 24.3 Å². The Morgan fingerprint density at radius 2 is 1.58 bits per heavy atom. The summed E-state index contributed by atoms with van der Waals surface area (Å²) < 4.78 is 18.3. The van der Waals surface area contributed by atoms with Gasteiger partial charge in [-0.3, -0.25) is 24.4 Å². The fraction of sp³-hybridized carbons (Fsp3) is 0.800. The number of hydrogen-bond donors (Lipinski definition) is 4. The van der Waals surface area contributed by atoms with Gasteiger partial charge in [-0.15, -0.1) is 34.9 Å². The van der Waals surface area contributed by atoms with E-state index in [0.717, 1.165) is 33.6 Å². The van der Waals surface area contributed by atoms with E-state index in [-0.39, 0.29) is 17.7 Å². The van der Waals surface area contributed by atoms with Crippen molar-refractivity contribution >= 4 is 68.7 Å². The number of nitrogens with zero attached hydrogens (tertiary/aromatic N) is 3. The number of fused-ring (bicyclic) bond motifs is 6. The highest BCUT2D eigenvalue weighted by molar-refractivity contribution is 8.16. The van der Waals surface area contributed by atoms with Crippen molar-refractivity contribution in [2.75, 3.05) is 18.6 Å². The molecule has 14 atom stereocenters. The molecular weight excluding hydrogens is 851 g/mol. The summed E-state index contributed by atoms with van der Waals surface area (Å²) in [5.41, 5.74) is -1.11. The first-order valence-corrected chi connectivity index (χ1v) is 25.2. The maximum absolute atomic E-state index is 14.3. The average Bonchev–Trinajstić information content (AvgIpc) is 3.99. The number of aliphatic imine (C=N–C) groups is 2. The number of methoxy groups -OCH3 is 1. The van der Waals surface area contributed by atoms with Crippen LogP contribution in [0.15, 0.2) is 15.4 Å². The second-order valence-corrected chi connectivity index (χ2v) is 21.8. The zero-order valence-corrected chi connectivity index (χ0v) is 41.7. The van der Waals surface area contributed by atoms with Crippen LogP contribution in [0.4, 0.5) is 0 Å². The molecule has 0 saturated carbocycles. The van der Waals surface area contributed by atoms with Crippen LogP contribution in [-0.4, -0.2) is 121 Å². The van der Waals surface area contributed by atoms with E-state index in [4.69, 9.17) is 29.2 Å². The van der Waals surface area contributed by atoms with Crippen LogP contribution < -0.4 is 10.6 Å². The third kappa shape index (κ3) is 12.0. The van der Waals surface area contributed by atoms with E-state index in [1.54, 1.807) is 53.5 Å². The van der Waals surface area contributed by atoms with E-state index in [9.17, 15) is 29.4 Å². The van der Waals surface area contributed by atoms with Crippen molar-refractivity contribution in [3.8, 4) is 0 Å². The molecule has 0 aromatic carbocycles. The molecule has 4 N–H and O–H groups in total. The molecule has 3 aliphatic rings. The molecule has 0 fully saturated rings. The molecule has 1 aromatic heterocycles. The number of carbonyl (C=O) groups is 4. The van der Waals surface area contributed by atoms with Crippen molar-refractivity contribution in [3.05, 3.63) is 16.1 Å². The maximum Gasteiger partial charge on any atom is 0.329 e. The molecule has 350 valence electrons. The van der Waals surface area contributed by atoms with E-state index in [1.165, 1.54) is 30.0 Å². The number of thiazole rings is 1. The highest BCUT2D eigenvalue weighted by Gasteiger charge is 2.48. The third-order valence-corrected chi connectivity index (χ3v) is 16.6. The Kier molecular flexibility index (Phi) is 18.5. The first kappa shape index (κ1) is 52.1. The quantitative estimate of drug-likeness (QED) is 0.198. The standard InChI is InChI=1S/C45H73N5O9S3/c1-15-17-25(8)34(51)27(10)37-26(9)30(57-14)18-31-46-29(19-60-31)39-49-45(13,21-61-39)43-50-44(12,20-62-43)42(56)48-33(24(7)16-2)35(52)28(11)40(54)58-36(23(5)6)38(53)47-32(22(3)4)41(55)59-37/h19,22-28,30,32-37,51-52H,15-18,20-21H2,1-14H3,(H,47,53)(H,48,56)/t24-,25+,26-,27-,28+,30-,32-,33-,34-,35-,36-,37-,44+,45-/m0/s1.